The van der Waals surface area contributed by atoms with E-state index < -0.39 is 11.6 Å². The second kappa shape index (κ2) is 21.9. The van der Waals surface area contributed by atoms with Gasteiger partial charge in [-0.3, -0.25) is 4.57 Å². The van der Waals surface area contributed by atoms with Crippen molar-refractivity contribution in [3.05, 3.63) is 215 Å². The minimum absolute atomic E-state index is 0.0799. The van der Waals surface area contributed by atoms with Crippen LogP contribution < -0.4 is 14.5 Å². The van der Waals surface area contributed by atoms with E-state index in [1.165, 1.54) is 51.1 Å². The van der Waals surface area contributed by atoms with Crippen LogP contribution in [0.5, 0.6) is 11.5 Å². The van der Waals surface area contributed by atoms with Crippen LogP contribution in [-0.4, -0.2) is 16.2 Å². The number of benzene rings is 8. The van der Waals surface area contributed by atoms with Gasteiger partial charge in [0.15, 0.2) is 0 Å². The first-order valence-electron chi connectivity index (χ1n) is 31.8. The summed E-state index contributed by atoms with van der Waals surface area (Å²) in [6.07, 6.45) is 1.92. The molecule has 0 spiro atoms. The van der Waals surface area contributed by atoms with Crippen LogP contribution in [0.4, 0.5) is 31.5 Å². The van der Waals surface area contributed by atoms with Crippen LogP contribution in [0.1, 0.15) is 184 Å². The molecule has 0 amide bonds. The number of aromatic nitrogens is 2. The molecule has 0 saturated heterocycles. The Morgan fingerprint density at radius 3 is 1.43 bits per heavy atom. The summed E-state index contributed by atoms with van der Waals surface area (Å²) in [6.45, 7) is 48.2. The molecule has 8 aromatic carbocycles. The van der Waals surface area contributed by atoms with E-state index in [0.717, 1.165) is 84.3 Å². The Morgan fingerprint density at radius 1 is 0.382 bits per heavy atom. The molecule has 7 heteroatoms. The van der Waals surface area contributed by atoms with Crippen LogP contribution in [0.15, 0.2) is 164 Å². The second-order valence-corrected chi connectivity index (χ2v) is 32.3. The van der Waals surface area contributed by atoms with Gasteiger partial charge in [0.05, 0.1) is 28.1 Å². The van der Waals surface area contributed by atoms with E-state index in [1.807, 2.05) is 6.20 Å². The summed E-state index contributed by atoms with van der Waals surface area (Å²) in [7, 11) is 0. The fourth-order valence-corrected chi connectivity index (χ4v) is 12.7. The maximum Gasteiger partial charge on any atom is 0.137 e. The zero-order valence-corrected chi connectivity index (χ0v) is 56.7. The molecule has 0 radical (unpaired) electrons. The lowest BCUT2D eigenvalue weighted by atomic mass is 9.71. The number of rotatable bonds is 8. The van der Waals surface area contributed by atoms with Gasteiger partial charge >= 0.3 is 0 Å². The summed E-state index contributed by atoms with van der Waals surface area (Å²) in [4.78, 5) is 9.77. The number of halogens is 2. The molecule has 10 aromatic rings. The van der Waals surface area contributed by atoms with Crippen molar-refractivity contribution in [2.24, 2.45) is 0 Å². The summed E-state index contributed by atoms with van der Waals surface area (Å²) >= 11 is 0. The number of fused-ring (bicyclic) bond motifs is 4. The van der Waals surface area contributed by atoms with Gasteiger partial charge < -0.3 is 14.5 Å². The van der Waals surface area contributed by atoms with E-state index in [9.17, 15) is 0 Å². The van der Waals surface area contributed by atoms with E-state index in [2.05, 4.69) is 299 Å². The molecule has 89 heavy (non-hydrogen) atoms. The summed E-state index contributed by atoms with van der Waals surface area (Å²) in [6, 6.07) is 55.0. The first kappa shape index (κ1) is 62.6. The third-order valence-corrected chi connectivity index (χ3v) is 18.0. The number of para-hydroxylation sites is 3. The highest BCUT2D eigenvalue weighted by Gasteiger charge is 2.36. The summed E-state index contributed by atoms with van der Waals surface area (Å²) in [5.74, 6) is 0.973. The molecule has 3 heterocycles. The lowest BCUT2D eigenvalue weighted by Crippen LogP contribution is -2.26. The van der Waals surface area contributed by atoms with Crippen molar-refractivity contribution >= 4 is 44.6 Å². The van der Waals surface area contributed by atoms with Gasteiger partial charge in [-0.2, -0.15) is 0 Å². The van der Waals surface area contributed by atoms with Gasteiger partial charge in [0.2, 0.25) is 0 Å². The Balaban J connectivity index is 1.18. The molecule has 0 unspecified atom stereocenters. The van der Waals surface area contributed by atoms with E-state index in [0.29, 0.717) is 23.7 Å². The van der Waals surface area contributed by atoms with Gasteiger partial charge in [-0.25, -0.2) is 13.8 Å². The van der Waals surface area contributed by atoms with Gasteiger partial charge in [0.25, 0.3) is 0 Å². The summed E-state index contributed by atoms with van der Waals surface area (Å²) in [5.41, 5.74) is 18.4. The molecular weight excluding hydrogens is 1090 g/mol. The first-order valence-corrected chi connectivity index (χ1v) is 31.8. The molecule has 1 aliphatic rings. The second-order valence-electron chi connectivity index (χ2n) is 32.3. The highest BCUT2D eigenvalue weighted by Crippen LogP contribution is 2.54. The standard InChI is InChI=1S/C82H92F2N4O/c1-76(2,3)53-32-33-85-73(45-53)88-69-27-23-22-26-63(69)64-31-30-61(48-72(64)88)89-62-39-52(74-67(81(16,17)18)43-57(80(13,14)15)44-68(74)82(19,20)21)38-60(47-62)86-49-87(71-29-25-24-28-70(71)86)75-65(50-34-54(77(4,5)6)40-55(35-50)78(7,8)9)41-56(79(10,11)12)42-66(75)51-36-58(83)46-59(84)37-51/h22-48H,49H2,1-21H3. The fraction of sp³-hybridized carbons (Fsp3) is 0.354. The van der Waals surface area contributed by atoms with E-state index in [1.54, 1.807) is 0 Å². The van der Waals surface area contributed by atoms with Gasteiger partial charge in [-0.05, 0) is 178 Å². The topological polar surface area (TPSA) is 33.5 Å². The monoisotopic (exact) mass is 1190 g/mol. The predicted octanol–water partition coefficient (Wildman–Crippen LogP) is 23.6. The average Bonchev–Trinajstić information content (AvgIpc) is 1.56. The van der Waals surface area contributed by atoms with Gasteiger partial charge in [0.1, 0.15) is 35.6 Å². The first-order chi connectivity index (χ1) is 41.3. The molecule has 460 valence electrons. The zero-order chi connectivity index (χ0) is 64.5. The molecular formula is C82H92F2N4O. The molecule has 11 rings (SSSR count). The molecule has 0 bridgehead atoms. The molecule has 2 aromatic heterocycles. The quantitative estimate of drug-likeness (QED) is 0.152. The van der Waals surface area contributed by atoms with Crippen molar-refractivity contribution in [2.75, 3.05) is 16.5 Å². The Bertz CT molecular complexity index is 4310. The van der Waals surface area contributed by atoms with Crippen molar-refractivity contribution in [1.29, 1.82) is 0 Å². The smallest absolute Gasteiger partial charge is 0.137 e. The number of hydrogen-bond acceptors (Lipinski definition) is 4. The van der Waals surface area contributed by atoms with Gasteiger partial charge in [0, 0.05) is 52.0 Å². The Labute approximate surface area is 529 Å². The minimum atomic E-state index is -0.627. The van der Waals surface area contributed by atoms with Crippen LogP contribution in [0.2, 0.25) is 0 Å². The van der Waals surface area contributed by atoms with E-state index in [4.69, 9.17) is 9.72 Å². The van der Waals surface area contributed by atoms with Crippen LogP contribution in [-0.2, 0) is 37.9 Å². The third-order valence-electron chi connectivity index (χ3n) is 18.0. The maximum atomic E-state index is 15.9. The number of anilines is 4. The van der Waals surface area contributed by atoms with Crippen molar-refractivity contribution in [2.45, 2.75) is 183 Å². The fourth-order valence-electron chi connectivity index (χ4n) is 12.7. The molecule has 0 N–H and O–H groups in total. The molecule has 5 nitrogen and oxygen atoms in total. The lowest BCUT2D eigenvalue weighted by molar-refractivity contribution is 0.483. The number of nitrogens with zero attached hydrogens (tertiary/aromatic N) is 4. The molecule has 1 aliphatic heterocycles. The predicted molar refractivity (Wildman–Crippen MR) is 374 cm³/mol. The number of hydrogen-bond donors (Lipinski definition) is 0. The molecule has 0 saturated carbocycles. The van der Waals surface area contributed by atoms with Crippen LogP contribution >= 0.6 is 0 Å². The molecule has 0 aliphatic carbocycles. The third kappa shape index (κ3) is 12.3. The SMILES string of the molecule is CC(C)(C)c1cc(-c2cc(C(C)(C)C)cc(-c3cc(F)cc(F)c3)c2N2CN(c3cc(Oc4ccc5c6ccccc6n(-c6cc(C(C)(C)C)ccn6)c5c4)cc(-c4c(C(C)(C)C)cc(C(C)(C)C)cc4C(C)(C)C)c3)c3ccccc32)cc(C(C)(C)C)c1. The summed E-state index contributed by atoms with van der Waals surface area (Å²) in [5, 5.41) is 2.25. The van der Waals surface area contributed by atoms with E-state index in [-0.39, 0.29) is 37.9 Å². The van der Waals surface area contributed by atoms with Gasteiger partial charge in [-0.15, -0.1) is 0 Å². The molecule has 0 atom stereocenters. The van der Waals surface area contributed by atoms with Crippen LogP contribution in [0.25, 0.3) is 61.0 Å². The average molecular weight is 1190 g/mol. The van der Waals surface area contributed by atoms with Crippen molar-refractivity contribution in [3.63, 3.8) is 0 Å². The Kier molecular flexibility index (Phi) is 15.4. The lowest BCUT2D eigenvalue weighted by Gasteiger charge is -2.34. The number of ether oxygens (including phenoxy) is 1. The Morgan fingerprint density at radius 2 is 0.876 bits per heavy atom. The normalized spacial score (nSPS) is 13.7. The van der Waals surface area contributed by atoms with Crippen molar-refractivity contribution < 1.29 is 13.5 Å². The van der Waals surface area contributed by atoms with Gasteiger partial charge in [-0.1, -0.05) is 206 Å². The van der Waals surface area contributed by atoms with Crippen LogP contribution in [0.3, 0.4) is 0 Å². The van der Waals surface area contributed by atoms with Crippen molar-refractivity contribution in [3.8, 4) is 50.7 Å². The summed E-state index contributed by atoms with van der Waals surface area (Å²) < 4.78 is 41.5. The maximum absolute atomic E-state index is 15.9. The number of pyridine rings is 1. The zero-order valence-electron chi connectivity index (χ0n) is 56.7. The highest BCUT2D eigenvalue weighted by atomic mass is 19.1. The minimum Gasteiger partial charge on any atom is -0.457 e. The van der Waals surface area contributed by atoms with Crippen LogP contribution in [0, 0.1) is 11.6 Å². The highest BCUT2D eigenvalue weighted by molar-refractivity contribution is 6.09. The molecule has 0 fully saturated rings. The van der Waals surface area contributed by atoms with Crippen molar-refractivity contribution in [1.82, 2.24) is 9.55 Å². The largest absolute Gasteiger partial charge is 0.457 e. The Hall–Kier alpha value is -8.03. The van der Waals surface area contributed by atoms with E-state index >= 15 is 8.78 Å².